The van der Waals surface area contributed by atoms with E-state index in [9.17, 15) is 13.2 Å². The molecule has 1 aromatic rings. The Balaban J connectivity index is 2.71. The fourth-order valence-corrected chi connectivity index (χ4v) is 1.63. The Hall–Kier alpha value is -0.940. The van der Waals surface area contributed by atoms with Crippen molar-refractivity contribution in [3.05, 3.63) is 29.3 Å². The molecule has 1 aromatic carbocycles. The summed E-state index contributed by atoms with van der Waals surface area (Å²) in [5.41, 5.74) is -0.398. The molecule has 6 heteroatoms. The summed E-state index contributed by atoms with van der Waals surface area (Å²) >= 11 is 5.53. The normalized spacial score (nSPS) is 11.6. The lowest BCUT2D eigenvalue weighted by atomic mass is 10.1. The maximum atomic E-state index is 12.8. The van der Waals surface area contributed by atoms with Crippen molar-refractivity contribution in [2.45, 2.75) is 25.4 Å². The van der Waals surface area contributed by atoms with Crippen LogP contribution in [0, 0.1) is 0 Å². The van der Waals surface area contributed by atoms with Gasteiger partial charge in [0.15, 0.2) is 0 Å². The van der Waals surface area contributed by atoms with Gasteiger partial charge in [-0.2, -0.15) is 13.2 Å². The van der Waals surface area contributed by atoms with Gasteiger partial charge < -0.3 is 9.47 Å². The Kier molecular flexibility index (Phi) is 6.45. The predicted molar refractivity (Wildman–Crippen MR) is 67.6 cm³/mol. The molecule has 19 heavy (non-hydrogen) atoms. The first kappa shape index (κ1) is 16.1. The molecule has 0 aromatic heterocycles. The third-order valence-corrected chi connectivity index (χ3v) is 2.65. The van der Waals surface area contributed by atoms with E-state index < -0.39 is 11.7 Å². The van der Waals surface area contributed by atoms with Crippen LogP contribution in [0.1, 0.15) is 24.5 Å². The van der Waals surface area contributed by atoms with Gasteiger partial charge >= 0.3 is 6.18 Å². The molecule has 0 aliphatic rings. The number of halogens is 4. The van der Waals surface area contributed by atoms with Crippen LogP contribution in [-0.4, -0.2) is 19.8 Å². The number of alkyl halides is 4. The van der Waals surface area contributed by atoms with Gasteiger partial charge in [-0.25, -0.2) is 0 Å². The van der Waals surface area contributed by atoms with Gasteiger partial charge in [-0.05, 0) is 24.1 Å². The van der Waals surface area contributed by atoms with Gasteiger partial charge in [0, 0.05) is 12.5 Å². The highest BCUT2D eigenvalue weighted by Gasteiger charge is 2.34. The standard InChI is InChI=1S/C13H16ClF3O2/c1-2-5-18-6-7-19-12-4-3-10(9-14)8-11(12)13(15,16)17/h3-4,8H,2,5-7,9H2,1H3. The Morgan fingerprint density at radius 1 is 1.16 bits per heavy atom. The molecule has 0 radical (unpaired) electrons. The second kappa shape index (κ2) is 7.60. The molecule has 0 saturated heterocycles. The summed E-state index contributed by atoms with van der Waals surface area (Å²) in [6.07, 6.45) is -3.60. The number of ether oxygens (including phenoxy) is 2. The van der Waals surface area contributed by atoms with Gasteiger partial charge in [-0.3, -0.25) is 0 Å². The van der Waals surface area contributed by atoms with E-state index in [1.807, 2.05) is 6.92 Å². The summed E-state index contributed by atoms with van der Waals surface area (Å²) in [6, 6.07) is 3.82. The maximum Gasteiger partial charge on any atom is 0.419 e. The first-order valence-electron chi connectivity index (χ1n) is 5.95. The van der Waals surface area contributed by atoms with E-state index in [0.717, 1.165) is 12.5 Å². The number of hydrogen-bond donors (Lipinski definition) is 0. The largest absolute Gasteiger partial charge is 0.491 e. The van der Waals surface area contributed by atoms with Crippen molar-refractivity contribution in [2.24, 2.45) is 0 Å². The molecule has 0 N–H and O–H groups in total. The van der Waals surface area contributed by atoms with E-state index in [0.29, 0.717) is 12.2 Å². The van der Waals surface area contributed by atoms with E-state index in [-0.39, 0.29) is 24.8 Å². The molecule has 0 spiro atoms. The molecule has 0 atom stereocenters. The zero-order chi connectivity index (χ0) is 14.3. The van der Waals surface area contributed by atoms with Crippen LogP contribution < -0.4 is 4.74 Å². The summed E-state index contributed by atoms with van der Waals surface area (Å²) < 4.78 is 48.8. The van der Waals surface area contributed by atoms with Crippen molar-refractivity contribution in [3.8, 4) is 5.75 Å². The van der Waals surface area contributed by atoms with Gasteiger partial charge in [0.05, 0.1) is 12.2 Å². The quantitative estimate of drug-likeness (QED) is 0.553. The van der Waals surface area contributed by atoms with Crippen LogP contribution in [0.5, 0.6) is 5.75 Å². The minimum absolute atomic E-state index is 0.0307. The summed E-state index contributed by atoms with van der Waals surface area (Å²) in [7, 11) is 0. The van der Waals surface area contributed by atoms with Gasteiger partial charge in [0.1, 0.15) is 12.4 Å². The molecule has 0 unspecified atom stereocenters. The lowest BCUT2D eigenvalue weighted by molar-refractivity contribution is -0.139. The maximum absolute atomic E-state index is 12.8. The van der Waals surface area contributed by atoms with Crippen LogP contribution in [0.4, 0.5) is 13.2 Å². The van der Waals surface area contributed by atoms with E-state index in [4.69, 9.17) is 21.1 Å². The first-order chi connectivity index (χ1) is 8.99. The lowest BCUT2D eigenvalue weighted by Crippen LogP contribution is -2.12. The Morgan fingerprint density at radius 2 is 1.89 bits per heavy atom. The van der Waals surface area contributed by atoms with Crippen LogP contribution in [-0.2, 0) is 16.8 Å². The smallest absolute Gasteiger partial charge is 0.419 e. The summed E-state index contributed by atoms with van der Waals surface area (Å²) in [5, 5.41) is 0. The van der Waals surface area contributed by atoms with Crippen LogP contribution in [0.25, 0.3) is 0 Å². The van der Waals surface area contributed by atoms with E-state index in [2.05, 4.69) is 0 Å². The van der Waals surface area contributed by atoms with Gasteiger partial charge in [-0.15, -0.1) is 11.6 Å². The molecule has 0 bridgehead atoms. The number of benzene rings is 1. The molecule has 0 aliphatic heterocycles. The van der Waals surface area contributed by atoms with Gasteiger partial charge in [-0.1, -0.05) is 13.0 Å². The summed E-state index contributed by atoms with van der Waals surface area (Å²) in [6.45, 7) is 2.87. The zero-order valence-corrected chi connectivity index (χ0v) is 11.4. The highest BCUT2D eigenvalue weighted by molar-refractivity contribution is 6.17. The molecule has 2 nitrogen and oxygen atoms in total. The molecular formula is C13H16ClF3O2. The fourth-order valence-electron chi connectivity index (χ4n) is 1.46. The second-order valence-corrected chi connectivity index (χ2v) is 4.19. The molecule has 0 aliphatic carbocycles. The zero-order valence-electron chi connectivity index (χ0n) is 10.6. The molecule has 1 rings (SSSR count). The van der Waals surface area contributed by atoms with Gasteiger partial charge in [0.2, 0.25) is 0 Å². The molecule has 108 valence electrons. The highest BCUT2D eigenvalue weighted by atomic mass is 35.5. The Morgan fingerprint density at radius 3 is 2.47 bits per heavy atom. The molecule has 0 amide bonds. The third kappa shape index (κ3) is 5.28. The van der Waals surface area contributed by atoms with Gasteiger partial charge in [0.25, 0.3) is 0 Å². The van der Waals surface area contributed by atoms with E-state index >= 15 is 0 Å². The number of rotatable bonds is 7. The van der Waals surface area contributed by atoms with Crippen LogP contribution in [0.2, 0.25) is 0 Å². The average Bonchev–Trinajstić information content (AvgIpc) is 2.37. The van der Waals surface area contributed by atoms with Crippen molar-refractivity contribution in [3.63, 3.8) is 0 Å². The van der Waals surface area contributed by atoms with Crippen LogP contribution >= 0.6 is 11.6 Å². The summed E-state index contributed by atoms with van der Waals surface area (Å²) in [4.78, 5) is 0. The van der Waals surface area contributed by atoms with Crippen molar-refractivity contribution in [2.75, 3.05) is 19.8 Å². The predicted octanol–water partition coefficient (Wildman–Crippen LogP) is 4.25. The molecule has 0 fully saturated rings. The molecular weight excluding hydrogens is 281 g/mol. The monoisotopic (exact) mass is 296 g/mol. The van der Waals surface area contributed by atoms with Crippen molar-refractivity contribution in [1.29, 1.82) is 0 Å². The Bertz CT molecular complexity index is 394. The molecule has 0 saturated carbocycles. The van der Waals surface area contributed by atoms with Crippen molar-refractivity contribution < 1.29 is 22.6 Å². The van der Waals surface area contributed by atoms with Crippen LogP contribution in [0.15, 0.2) is 18.2 Å². The second-order valence-electron chi connectivity index (χ2n) is 3.92. The summed E-state index contributed by atoms with van der Waals surface area (Å²) in [5.74, 6) is -0.162. The van der Waals surface area contributed by atoms with E-state index in [1.54, 1.807) is 0 Å². The first-order valence-corrected chi connectivity index (χ1v) is 6.49. The Labute approximate surface area is 115 Å². The minimum atomic E-state index is -4.46. The van der Waals surface area contributed by atoms with Crippen molar-refractivity contribution >= 4 is 11.6 Å². The van der Waals surface area contributed by atoms with Crippen molar-refractivity contribution in [1.82, 2.24) is 0 Å². The van der Waals surface area contributed by atoms with E-state index in [1.165, 1.54) is 12.1 Å². The fraction of sp³-hybridized carbons (Fsp3) is 0.538. The highest BCUT2D eigenvalue weighted by Crippen LogP contribution is 2.37. The lowest BCUT2D eigenvalue weighted by Gasteiger charge is -2.15. The number of hydrogen-bond acceptors (Lipinski definition) is 2. The molecule has 0 heterocycles. The minimum Gasteiger partial charge on any atom is -0.491 e. The third-order valence-electron chi connectivity index (χ3n) is 2.34. The topological polar surface area (TPSA) is 18.5 Å². The average molecular weight is 297 g/mol. The SMILES string of the molecule is CCCOCCOc1ccc(CCl)cc1C(F)(F)F. The van der Waals surface area contributed by atoms with Crippen LogP contribution in [0.3, 0.4) is 0 Å².